The lowest BCUT2D eigenvalue weighted by atomic mass is 10.2. The van der Waals surface area contributed by atoms with Gasteiger partial charge in [-0.25, -0.2) is 0 Å². The summed E-state index contributed by atoms with van der Waals surface area (Å²) in [6.45, 7) is 4.37. The molecule has 0 spiro atoms. The van der Waals surface area contributed by atoms with Gasteiger partial charge in [-0.2, -0.15) is 24.9 Å². The summed E-state index contributed by atoms with van der Waals surface area (Å²) < 4.78 is 40.8. The van der Waals surface area contributed by atoms with Gasteiger partial charge in [-0.3, -0.25) is 4.79 Å². The van der Waals surface area contributed by atoms with Crippen LogP contribution in [0.15, 0.2) is 0 Å². The molecule has 6 heteroatoms. The van der Waals surface area contributed by atoms with Gasteiger partial charge < -0.3 is 4.74 Å². The van der Waals surface area contributed by atoms with Crippen molar-refractivity contribution in [1.29, 1.82) is 0 Å². The monoisotopic (exact) mass is 314 g/mol. The number of hydrogen-bond acceptors (Lipinski definition) is 3. The minimum atomic E-state index is -4.03. The molecule has 1 unspecified atom stereocenters. The summed E-state index contributed by atoms with van der Waals surface area (Å²) in [5.74, 6) is 0.649. The zero-order valence-electron chi connectivity index (χ0n) is 12.3. The molecule has 0 saturated heterocycles. The predicted molar refractivity (Wildman–Crippen MR) is 76.9 cm³/mol. The molecule has 1 atom stereocenters. The molecule has 0 radical (unpaired) electrons. The summed E-state index contributed by atoms with van der Waals surface area (Å²) in [4.78, 5) is 11.3. The lowest BCUT2D eigenvalue weighted by molar-refractivity contribution is -0.143. The van der Waals surface area contributed by atoms with Crippen molar-refractivity contribution in [2.75, 3.05) is 12.4 Å². The van der Waals surface area contributed by atoms with Crippen molar-refractivity contribution in [2.45, 2.75) is 70.2 Å². The second-order valence-electron chi connectivity index (χ2n) is 4.89. The number of halogens is 3. The highest BCUT2D eigenvalue weighted by molar-refractivity contribution is 7.99. The second kappa shape index (κ2) is 11.3. The van der Waals surface area contributed by atoms with E-state index >= 15 is 0 Å². The second-order valence-corrected chi connectivity index (χ2v) is 6.44. The Morgan fingerprint density at radius 1 is 1.20 bits per heavy atom. The maximum Gasteiger partial charge on any atom is 0.389 e. The van der Waals surface area contributed by atoms with Crippen LogP contribution >= 0.6 is 11.8 Å². The van der Waals surface area contributed by atoms with Crippen LogP contribution < -0.4 is 0 Å². The molecular formula is C14H25F3O2S. The Morgan fingerprint density at radius 3 is 2.50 bits per heavy atom. The van der Waals surface area contributed by atoms with Gasteiger partial charge in [0.25, 0.3) is 0 Å². The van der Waals surface area contributed by atoms with E-state index in [0.717, 1.165) is 25.0 Å². The molecule has 0 heterocycles. The number of rotatable bonds is 11. The van der Waals surface area contributed by atoms with Crippen molar-refractivity contribution in [3.63, 3.8) is 0 Å². The topological polar surface area (TPSA) is 26.3 Å². The largest absolute Gasteiger partial charge is 0.465 e. The third-order valence-electron chi connectivity index (χ3n) is 2.72. The first kappa shape index (κ1) is 19.6. The number of esters is 1. The number of carbonyl (C=O) groups is 1. The van der Waals surface area contributed by atoms with Crippen LogP contribution in [0.25, 0.3) is 0 Å². The van der Waals surface area contributed by atoms with E-state index in [-0.39, 0.29) is 17.6 Å². The van der Waals surface area contributed by atoms with E-state index in [4.69, 9.17) is 4.74 Å². The van der Waals surface area contributed by atoms with Crippen LogP contribution in [0.3, 0.4) is 0 Å². The van der Waals surface area contributed by atoms with Crippen molar-refractivity contribution >= 4 is 17.7 Å². The van der Waals surface area contributed by atoms with Crippen LogP contribution in [-0.2, 0) is 9.53 Å². The molecule has 0 rings (SSSR count). The molecule has 0 amide bonds. The van der Waals surface area contributed by atoms with Crippen LogP contribution in [-0.4, -0.2) is 29.8 Å². The van der Waals surface area contributed by atoms with Gasteiger partial charge >= 0.3 is 12.1 Å². The van der Waals surface area contributed by atoms with Crippen molar-refractivity contribution in [3.05, 3.63) is 0 Å². The molecule has 2 nitrogen and oxygen atoms in total. The van der Waals surface area contributed by atoms with Crippen LogP contribution in [0, 0.1) is 0 Å². The Labute approximate surface area is 123 Å². The zero-order chi connectivity index (χ0) is 15.4. The predicted octanol–water partition coefficient (Wildman–Crippen LogP) is 4.96. The third kappa shape index (κ3) is 14.0. The average Bonchev–Trinajstić information content (AvgIpc) is 2.36. The zero-order valence-corrected chi connectivity index (χ0v) is 13.1. The maximum absolute atomic E-state index is 11.9. The van der Waals surface area contributed by atoms with Gasteiger partial charge in [-0.1, -0.05) is 19.8 Å². The summed E-state index contributed by atoms with van der Waals surface area (Å²) in [7, 11) is 0. The average molecular weight is 314 g/mol. The number of thioether (sulfide) groups is 1. The Kier molecular flexibility index (Phi) is 11.1. The summed E-state index contributed by atoms with van der Waals surface area (Å²) in [5.41, 5.74) is 0. The highest BCUT2D eigenvalue weighted by Crippen LogP contribution is 2.23. The van der Waals surface area contributed by atoms with Crippen molar-refractivity contribution in [3.8, 4) is 0 Å². The van der Waals surface area contributed by atoms with Gasteiger partial charge in [0, 0.05) is 18.1 Å². The number of unbranched alkanes of at least 4 members (excludes halogenated alkanes) is 3. The lowest BCUT2D eigenvalue weighted by Gasteiger charge is -2.12. The van der Waals surface area contributed by atoms with Crippen molar-refractivity contribution in [1.82, 2.24) is 0 Å². The van der Waals surface area contributed by atoms with Gasteiger partial charge in [-0.05, 0) is 31.9 Å². The van der Waals surface area contributed by atoms with Crippen LogP contribution in [0.4, 0.5) is 13.2 Å². The smallest absolute Gasteiger partial charge is 0.389 e. The molecule has 20 heavy (non-hydrogen) atoms. The first-order chi connectivity index (χ1) is 9.35. The molecule has 0 saturated carbocycles. The molecule has 0 bridgehead atoms. The molecule has 0 aliphatic rings. The number of alkyl halides is 3. The molecule has 0 aromatic rings. The van der Waals surface area contributed by atoms with Gasteiger partial charge in [0.2, 0.25) is 0 Å². The van der Waals surface area contributed by atoms with Crippen LogP contribution in [0.1, 0.15) is 58.8 Å². The van der Waals surface area contributed by atoms with E-state index in [2.05, 4.69) is 0 Å². The Morgan fingerprint density at radius 2 is 1.90 bits per heavy atom. The molecule has 120 valence electrons. The summed E-state index contributed by atoms with van der Waals surface area (Å²) in [6, 6.07) is 0. The fraction of sp³-hybridized carbons (Fsp3) is 0.929. The Balaban J connectivity index is 3.41. The van der Waals surface area contributed by atoms with Crippen LogP contribution in [0.5, 0.6) is 0 Å². The van der Waals surface area contributed by atoms with E-state index in [0.29, 0.717) is 19.4 Å². The van der Waals surface area contributed by atoms with E-state index in [1.165, 1.54) is 0 Å². The van der Waals surface area contributed by atoms with Gasteiger partial charge in [0.15, 0.2) is 0 Å². The fourth-order valence-corrected chi connectivity index (χ4v) is 2.48. The van der Waals surface area contributed by atoms with Gasteiger partial charge in [-0.15, -0.1) is 0 Å². The van der Waals surface area contributed by atoms with Crippen molar-refractivity contribution < 1.29 is 22.7 Å². The summed E-state index contributed by atoms with van der Waals surface area (Å²) in [5, 5.41) is 0.197. The standard InChI is InChI=1S/C14H25F3O2S/c1-3-4-8-13(18)19-11-12(2)20-10-7-5-6-9-14(15,16)17/h12H,3-11H2,1-2H3. The van der Waals surface area contributed by atoms with E-state index in [1.54, 1.807) is 11.8 Å². The molecule has 0 aromatic heterocycles. The Hall–Kier alpha value is -0.390. The third-order valence-corrected chi connectivity index (χ3v) is 3.95. The SMILES string of the molecule is CCCCC(=O)OCC(C)SCCCCCC(F)(F)F. The van der Waals surface area contributed by atoms with Gasteiger partial charge in [0.1, 0.15) is 6.61 Å². The highest BCUT2D eigenvalue weighted by atomic mass is 32.2. The number of carbonyl (C=O) groups excluding carboxylic acids is 1. The van der Waals surface area contributed by atoms with E-state index in [9.17, 15) is 18.0 Å². The molecule has 0 N–H and O–H groups in total. The first-order valence-electron chi connectivity index (χ1n) is 7.19. The lowest BCUT2D eigenvalue weighted by Crippen LogP contribution is -2.13. The van der Waals surface area contributed by atoms with Crippen molar-refractivity contribution in [2.24, 2.45) is 0 Å². The highest BCUT2D eigenvalue weighted by Gasteiger charge is 2.25. The minimum absolute atomic E-state index is 0.163. The fourth-order valence-electron chi connectivity index (χ4n) is 1.54. The van der Waals surface area contributed by atoms with Crippen LogP contribution in [0.2, 0.25) is 0 Å². The number of ether oxygens (including phenoxy) is 1. The summed E-state index contributed by atoms with van der Waals surface area (Å²) >= 11 is 1.64. The minimum Gasteiger partial charge on any atom is -0.465 e. The maximum atomic E-state index is 11.9. The quantitative estimate of drug-likeness (QED) is 0.398. The molecule has 0 aliphatic heterocycles. The Bertz CT molecular complexity index is 257. The number of hydrogen-bond donors (Lipinski definition) is 0. The molecule has 0 fully saturated rings. The first-order valence-corrected chi connectivity index (χ1v) is 8.24. The summed E-state index contributed by atoms with van der Waals surface area (Å²) in [6.07, 6.45) is -0.883. The molecule has 0 aromatic carbocycles. The molecular weight excluding hydrogens is 289 g/mol. The van der Waals surface area contributed by atoms with Gasteiger partial charge in [0.05, 0.1) is 0 Å². The normalized spacial score (nSPS) is 13.2. The van der Waals surface area contributed by atoms with E-state index in [1.807, 2.05) is 13.8 Å². The van der Waals surface area contributed by atoms with E-state index < -0.39 is 12.6 Å². The molecule has 0 aliphatic carbocycles.